The molecule has 0 radical (unpaired) electrons. The summed E-state index contributed by atoms with van der Waals surface area (Å²) in [4.78, 5) is 0. The predicted octanol–water partition coefficient (Wildman–Crippen LogP) is 4.04. The summed E-state index contributed by atoms with van der Waals surface area (Å²) in [5.74, 6) is -0.340. The topological polar surface area (TPSA) is 32.3 Å². The van der Waals surface area contributed by atoms with Crippen LogP contribution >= 0.6 is 15.9 Å². The highest BCUT2D eigenvalue weighted by Crippen LogP contribution is 2.24. The standard InChI is InChI=1S/C15H15BrFNO/c1-10-5-6-14(13(16)7-10)18-9-15(19)11-3-2-4-12(17)8-11/h2-8,15,18-19H,9H2,1H3. The molecule has 0 amide bonds. The molecule has 2 N–H and O–H groups in total. The molecule has 0 saturated carbocycles. The average Bonchev–Trinajstić information content (AvgIpc) is 2.37. The first-order chi connectivity index (χ1) is 9.06. The van der Waals surface area contributed by atoms with Crippen LogP contribution in [0.1, 0.15) is 17.2 Å². The average molecular weight is 324 g/mol. The second-order valence-corrected chi connectivity index (χ2v) is 5.29. The molecule has 0 spiro atoms. The first kappa shape index (κ1) is 14.0. The number of hydrogen-bond donors (Lipinski definition) is 2. The number of hydrogen-bond acceptors (Lipinski definition) is 2. The Hall–Kier alpha value is -1.39. The molecule has 1 unspecified atom stereocenters. The van der Waals surface area contributed by atoms with E-state index >= 15 is 0 Å². The molecule has 1 atom stereocenters. The van der Waals surface area contributed by atoms with Gasteiger partial charge in [0.25, 0.3) is 0 Å². The van der Waals surface area contributed by atoms with Crippen molar-refractivity contribution in [2.24, 2.45) is 0 Å². The van der Waals surface area contributed by atoms with Crippen LogP contribution in [0.2, 0.25) is 0 Å². The smallest absolute Gasteiger partial charge is 0.123 e. The van der Waals surface area contributed by atoms with Crippen LogP contribution in [0, 0.1) is 12.7 Å². The van der Waals surface area contributed by atoms with Gasteiger partial charge in [0.15, 0.2) is 0 Å². The summed E-state index contributed by atoms with van der Waals surface area (Å²) in [6.07, 6.45) is -0.746. The fourth-order valence-electron chi connectivity index (χ4n) is 1.80. The Labute approximate surface area is 120 Å². The highest BCUT2D eigenvalue weighted by molar-refractivity contribution is 9.10. The van der Waals surface area contributed by atoms with Gasteiger partial charge in [-0.2, -0.15) is 0 Å². The van der Waals surface area contributed by atoms with Gasteiger partial charge in [-0.05, 0) is 58.2 Å². The summed E-state index contributed by atoms with van der Waals surface area (Å²) < 4.78 is 14.0. The van der Waals surface area contributed by atoms with Crippen molar-refractivity contribution >= 4 is 21.6 Å². The lowest BCUT2D eigenvalue weighted by atomic mass is 10.1. The van der Waals surface area contributed by atoms with Crippen LogP contribution in [-0.2, 0) is 0 Å². The van der Waals surface area contributed by atoms with Crippen LogP contribution in [0.15, 0.2) is 46.9 Å². The Morgan fingerprint density at radius 2 is 2.05 bits per heavy atom. The predicted molar refractivity (Wildman–Crippen MR) is 78.7 cm³/mol. The van der Waals surface area contributed by atoms with E-state index in [2.05, 4.69) is 21.2 Å². The van der Waals surface area contributed by atoms with Crippen molar-refractivity contribution < 1.29 is 9.50 Å². The fourth-order valence-corrected chi connectivity index (χ4v) is 2.44. The van der Waals surface area contributed by atoms with Gasteiger partial charge in [-0.3, -0.25) is 0 Å². The van der Waals surface area contributed by atoms with Gasteiger partial charge in [0.1, 0.15) is 5.82 Å². The molecule has 0 aliphatic rings. The maximum absolute atomic E-state index is 13.1. The molecule has 2 nitrogen and oxygen atoms in total. The van der Waals surface area contributed by atoms with Gasteiger partial charge in [0.2, 0.25) is 0 Å². The largest absolute Gasteiger partial charge is 0.387 e. The lowest BCUT2D eigenvalue weighted by molar-refractivity contribution is 0.191. The number of nitrogens with one attached hydrogen (secondary N) is 1. The van der Waals surface area contributed by atoms with Gasteiger partial charge in [-0.25, -0.2) is 4.39 Å². The molecule has 2 aromatic rings. The number of benzene rings is 2. The Morgan fingerprint density at radius 1 is 1.26 bits per heavy atom. The van der Waals surface area contributed by atoms with Crippen LogP contribution < -0.4 is 5.32 Å². The van der Waals surface area contributed by atoms with E-state index in [4.69, 9.17) is 0 Å². The molecular formula is C15H15BrFNO. The third kappa shape index (κ3) is 3.78. The summed E-state index contributed by atoms with van der Waals surface area (Å²) >= 11 is 3.46. The van der Waals surface area contributed by atoms with Gasteiger partial charge < -0.3 is 10.4 Å². The molecule has 2 rings (SSSR count). The first-order valence-corrected chi connectivity index (χ1v) is 6.79. The number of halogens is 2. The summed E-state index contributed by atoms with van der Waals surface area (Å²) in [7, 11) is 0. The molecule has 0 fully saturated rings. The van der Waals surface area contributed by atoms with E-state index in [0.29, 0.717) is 12.1 Å². The second kappa shape index (κ2) is 6.17. The van der Waals surface area contributed by atoms with Gasteiger partial charge in [-0.15, -0.1) is 0 Å². The van der Waals surface area contributed by atoms with Crippen molar-refractivity contribution in [3.05, 3.63) is 63.9 Å². The van der Waals surface area contributed by atoms with Crippen molar-refractivity contribution in [1.29, 1.82) is 0 Å². The quantitative estimate of drug-likeness (QED) is 0.889. The first-order valence-electron chi connectivity index (χ1n) is 6.00. The van der Waals surface area contributed by atoms with E-state index in [-0.39, 0.29) is 5.82 Å². The Balaban J connectivity index is 2.02. The summed E-state index contributed by atoms with van der Waals surface area (Å²) in [6.45, 7) is 2.33. The maximum atomic E-state index is 13.1. The van der Waals surface area contributed by atoms with Crippen LogP contribution in [0.5, 0.6) is 0 Å². The SMILES string of the molecule is Cc1ccc(NCC(O)c2cccc(F)c2)c(Br)c1. The van der Waals surface area contributed by atoms with Crippen molar-refractivity contribution in [2.75, 3.05) is 11.9 Å². The monoisotopic (exact) mass is 323 g/mol. The van der Waals surface area contributed by atoms with Crippen molar-refractivity contribution in [1.82, 2.24) is 0 Å². The molecule has 2 aromatic carbocycles. The number of rotatable bonds is 4. The van der Waals surface area contributed by atoms with Gasteiger partial charge in [-0.1, -0.05) is 18.2 Å². The zero-order valence-electron chi connectivity index (χ0n) is 10.5. The zero-order chi connectivity index (χ0) is 13.8. The van der Waals surface area contributed by atoms with Crippen LogP contribution in [0.3, 0.4) is 0 Å². The molecule has 0 aromatic heterocycles. The van der Waals surface area contributed by atoms with Crippen LogP contribution in [0.4, 0.5) is 10.1 Å². The summed E-state index contributed by atoms with van der Waals surface area (Å²) in [6, 6.07) is 11.9. The van der Waals surface area contributed by atoms with Crippen molar-refractivity contribution in [3.8, 4) is 0 Å². The van der Waals surface area contributed by atoms with Crippen molar-refractivity contribution in [3.63, 3.8) is 0 Å². The van der Waals surface area contributed by atoms with Crippen LogP contribution in [-0.4, -0.2) is 11.7 Å². The normalized spacial score (nSPS) is 12.2. The molecule has 19 heavy (non-hydrogen) atoms. The lowest BCUT2D eigenvalue weighted by Gasteiger charge is -2.14. The number of aryl methyl sites for hydroxylation is 1. The molecule has 4 heteroatoms. The minimum atomic E-state index is -0.746. The lowest BCUT2D eigenvalue weighted by Crippen LogP contribution is -2.12. The van der Waals surface area contributed by atoms with Gasteiger partial charge in [0.05, 0.1) is 6.10 Å². The van der Waals surface area contributed by atoms with E-state index < -0.39 is 6.10 Å². The number of aliphatic hydroxyl groups excluding tert-OH is 1. The van der Waals surface area contributed by atoms with Crippen molar-refractivity contribution in [2.45, 2.75) is 13.0 Å². The van der Waals surface area contributed by atoms with Gasteiger partial charge in [0, 0.05) is 16.7 Å². The van der Waals surface area contributed by atoms with E-state index in [1.165, 1.54) is 12.1 Å². The molecule has 0 aliphatic heterocycles. The number of aliphatic hydroxyl groups is 1. The summed E-state index contributed by atoms with van der Waals surface area (Å²) in [5, 5.41) is 13.1. The molecular weight excluding hydrogens is 309 g/mol. The second-order valence-electron chi connectivity index (χ2n) is 4.44. The molecule has 0 aliphatic carbocycles. The highest BCUT2D eigenvalue weighted by Gasteiger charge is 2.09. The number of anilines is 1. The Bertz CT molecular complexity index is 574. The maximum Gasteiger partial charge on any atom is 0.123 e. The Kier molecular flexibility index (Phi) is 4.56. The molecule has 100 valence electrons. The molecule has 0 bridgehead atoms. The van der Waals surface area contributed by atoms with E-state index in [1.807, 2.05) is 25.1 Å². The van der Waals surface area contributed by atoms with E-state index in [1.54, 1.807) is 12.1 Å². The third-order valence-corrected chi connectivity index (χ3v) is 3.50. The van der Waals surface area contributed by atoms with E-state index in [0.717, 1.165) is 15.7 Å². The fraction of sp³-hybridized carbons (Fsp3) is 0.200. The molecule has 0 saturated heterocycles. The zero-order valence-corrected chi connectivity index (χ0v) is 12.1. The Morgan fingerprint density at radius 3 is 2.74 bits per heavy atom. The van der Waals surface area contributed by atoms with Crippen LogP contribution in [0.25, 0.3) is 0 Å². The van der Waals surface area contributed by atoms with Gasteiger partial charge >= 0.3 is 0 Å². The highest BCUT2D eigenvalue weighted by atomic mass is 79.9. The van der Waals surface area contributed by atoms with E-state index in [9.17, 15) is 9.50 Å². The minimum Gasteiger partial charge on any atom is -0.387 e. The third-order valence-electron chi connectivity index (χ3n) is 2.84. The summed E-state index contributed by atoms with van der Waals surface area (Å²) in [5.41, 5.74) is 2.62. The molecule has 0 heterocycles. The minimum absolute atomic E-state index is 0.325.